The molecule has 1 saturated heterocycles. The van der Waals surface area contributed by atoms with Crippen LogP contribution in [0.25, 0.3) is 11.8 Å². The van der Waals surface area contributed by atoms with Crippen molar-refractivity contribution in [2.75, 3.05) is 12.0 Å². The first kappa shape index (κ1) is 21.5. The zero-order valence-corrected chi connectivity index (χ0v) is 17.6. The molecule has 1 fully saturated rings. The van der Waals surface area contributed by atoms with Crippen LogP contribution >= 0.6 is 0 Å². The molecule has 166 valence electrons. The van der Waals surface area contributed by atoms with Crippen molar-refractivity contribution in [2.24, 2.45) is 0 Å². The SMILES string of the molecule is COc1cc([N+](=O)[O-])ccc1-n1cccc1/C=C1\C(=O)NC(=O)N(c2ccc(C)cc2)C1=O. The maximum atomic E-state index is 13.1. The Morgan fingerprint density at radius 2 is 1.79 bits per heavy atom. The van der Waals surface area contributed by atoms with Crippen LogP contribution in [-0.4, -0.2) is 34.4 Å². The number of carbonyl (C=O) groups excluding carboxylic acids is 3. The number of hydrogen-bond acceptors (Lipinski definition) is 6. The number of rotatable bonds is 5. The second-order valence-electron chi connectivity index (χ2n) is 7.21. The molecule has 33 heavy (non-hydrogen) atoms. The minimum atomic E-state index is -0.835. The second-order valence-corrected chi connectivity index (χ2v) is 7.21. The number of amides is 4. The molecule has 10 nitrogen and oxygen atoms in total. The normalized spacial score (nSPS) is 15.0. The number of nitrogens with zero attached hydrogens (tertiary/aromatic N) is 3. The van der Waals surface area contributed by atoms with Crippen molar-refractivity contribution < 1.29 is 24.0 Å². The Bertz CT molecular complexity index is 1320. The lowest BCUT2D eigenvalue weighted by Crippen LogP contribution is -2.54. The Balaban J connectivity index is 1.76. The van der Waals surface area contributed by atoms with E-state index in [1.165, 1.54) is 31.4 Å². The largest absolute Gasteiger partial charge is 0.494 e. The first-order valence-electron chi connectivity index (χ1n) is 9.78. The van der Waals surface area contributed by atoms with Gasteiger partial charge in [-0.1, -0.05) is 17.7 Å². The topological polar surface area (TPSA) is 124 Å². The molecule has 1 N–H and O–H groups in total. The summed E-state index contributed by atoms with van der Waals surface area (Å²) in [4.78, 5) is 49.4. The van der Waals surface area contributed by atoms with E-state index in [2.05, 4.69) is 5.32 Å². The molecule has 4 amide bonds. The van der Waals surface area contributed by atoms with Crippen LogP contribution in [0.5, 0.6) is 5.75 Å². The quantitative estimate of drug-likeness (QED) is 0.277. The number of hydrogen-bond donors (Lipinski definition) is 1. The fraction of sp³-hybridized carbons (Fsp3) is 0.0870. The van der Waals surface area contributed by atoms with Gasteiger partial charge in [0.25, 0.3) is 17.5 Å². The van der Waals surface area contributed by atoms with Crippen LogP contribution in [0.2, 0.25) is 0 Å². The van der Waals surface area contributed by atoms with Crippen molar-refractivity contribution in [1.82, 2.24) is 9.88 Å². The number of carbonyl (C=O) groups is 3. The van der Waals surface area contributed by atoms with E-state index in [-0.39, 0.29) is 17.0 Å². The lowest BCUT2D eigenvalue weighted by Gasteiger charge is -2.26. The number of urea groups is 1. The highest BCUT2D eigenvalue weighted by atomic mass is 16.6. The molecule has 2 heterocycles. The monoisotopic (exact) mass is 446 g/mol. The number of aryl methyl sites for hydroxylation is 1. The molecule has 1 aliphatic rings. The van der Waals surface area contributed by atoms with Crippen molar-refractivity contribution in [2.45, 2.75) is 6.92 Å². The van der Waals surface area contributed by atoms with Gasteiger partial charge in [0.2, 0.25) is 0 Å². The van der Waals surface area contributed by atoms with Gasteiger partial charge in [-0.3, -0.25) is 25.0 Å². The Hall–Kier alpha value is -4.73. The summed E-state index contributed by atoms with van der Waals surface area (Å²) >= 11 is 0. The summed E-state index contributed by atoms with van der Waals surface area (Å²) in [6, 6.07) is 13.3. The van der Waals surface area contributed by atoms with Crippen LogP contribution in [0.4, 0.5) is 16.2 Å². The summed E-state index contributed by atoms with van der Waals surface area (Å²) in [6.07, 6.45) is 3.01. The van der Waals surface area contributed by atoms with Crippen molar-refractivity contribution in [3.8, 4) is 11.4 Å². The van der Waals surface area contributed by atoms with Crippen LogP contribution < -0.4 is 15.0 Å². The van der Waals surface area contributed by atoms with Gasteiger partial charge >= 0.3 is 6.03 Å². The van der Waals surface area contributed by atoms with Gasteiger partial charge in [0.1, 0.15) is 11.3 Å². The number of nitro benzene ring substituents is 1. The average Bonchev–Trinajstić information content (AvgIpc) is 3.25. The molecule has 4 rings (SSSR count). The van der Waals surface area contributed by atoms with E-state index in [4.69, 9.17) is 4.74 Å². The van der Waals surface area contributed by atoms with Crippen LogP contribution in [-0.2, 0) is 9.59 Å². The summed E-state index contributed by atoms with van der Waals surface area (Å²) in [5.41, 5.74) is 1.79. The maximum Gasteiger partial charge on any atom is 0.335 e. The van der Waals surface area contributed by atoms with Crippen LogP contribution in [0.15, 0.2) is 66.4 Å². The van der Waals surface area contributed by atoms with Crippen LogP contribution in [0, 0.1) is 17.0 Å². The van der Waals surface area contributed by atoms with Crippen molar-refractivity contribution in [3.63, 3.8) is 0 Å². The Kier molecular flexibility index (Phi) is 5.49. The number of aromatic nitrogens is 1. The number of non-ortho nitro benzene ring substituents is 1. The molecule has 0 spiro atoms. The molecule has 0 unspecified atom stereocenters. The first-order chi connectivity index (χ1) is 15.8. The zero-order chi connectivity index (χ0) is 23.7. The minimum absolute atomic E-state index is 0.142. The number of barbiturate groups is 1. The summed E-state index contributed by atoms with van der Waals surface area (Å²) in [5.74, 6) is -1.36. The van der Waals surface area contributed by atoms with E-state index < -0.39 is 22.8 Å². The fourth-order valence-corrected chi connectivity index (χ4v) is 3.44. The highest BCUT2D eigenvalue weighted by Gasteiger charge is 2.37. The first-order valence-corrected chi connectivity index (χ1v) is 9.78. The Morgan fingerprint density at radius 1 is 1.06 bits per heavy atom. The van der Waals surface area contributed by atoms with Gasteiger partial charge in [-0.25, -0.2) is 9.69 Å². The molecule has 0 bridgehead atoms. The lowest BCUT2D eigenvalue weighted by atomic mass is 10.1. The smallest absolute Gasteiger partial charge is 0.335 e. The van der Waals surface area contributed by atoms with E-state index in [1.807, 2.05) is 6.92 Å². The van der Waals surface area contributed by atoms with Crippen LogP contribution in [0.3, 0.4) is 0 Å². The predicted molar refractivity (Wildman–Crippen MR) is 119 cm³/mol. The summed E-state index contributed by atoms with van der Waals surface area (Å²) in [6.45, 7) is 1.87. The summed E-state index contributed by atoms with van der Waals surface area (Å²) in [7, 11) is 1.38. The van der Waals surface area contributed by atoms with E-state index in [0.29, 0.717) is 17.1 Å². The highest BCUT2D eigenvalue weighted by Crippen LogP contribution is 2.30. The average molecular weight is 446 g/mol. The van der Waals surface area contributed by atoms with Gasteiger partial charge in [-0.2, -0.15) is 0 Å². The van der Waals surface area contributed by atoms with Gasteiger partial charge in [0.15, 0.2) is 0 Å². The van der Waals surface area contributed by atoms with Crippen molar-refractivity contribution in [3.05, 3.63) is 87.7 Å². The second kappa shape index (κ2) is 8.42. The van der Waals surface area contributed by atoms with Gasteiger partial charge in [0.05, 0.1) is 29.5 Å². The number of nitro groups is 1. The fourth-order valence-electron chi connectivity index (χ4n) is 3.44. The third-order valence-corrected chi connectivity index (χ3v) is 5.10. The molecule has 0 atom stereocenters. The highest BCUT2D eigenvalue weighted by molar-refractivity contribution is 6.39. The third-order valence-electron chi connectivity index (χ3n) is 5.10. The number of methoxy groups -OCH3 is 1. The molecule has 1 aliphatic heterocycles. The zero-order valence-electron chi connectivity index (χ0n) is 17.6. The molecule has 2 aromatic carbocycles. The third kappa shape index (κ3) is 3.97. The predicted octanol–water partition coefficient (Wildman–Crippen LogP) is 3.37. The molecule has 3 aromatic rings. The van der Waals surface area contributed by atoms with E-state index in [1.54, 1.807) is 47.2 Å². The standard InChI is InChI=1S/C23H18N4O6/c1-14-5-7-15(8-6-14)26-22(29)18(21(28)24-23(26)30)12-16-4-3-11-25(16)19-10-9-17(27(31)32)13-20(19)33-2/h3-13H,1-2H3,(H,24,28,30)/b18-12+. The van der Waals surface area contributed by atoms with E-state index in [9.17, 15) is 24.5 Å². The number of nitrogens with one attached hydrogen (secondary N) is 1. The van der Waals surface area contributed by atoms with Gasteiger partial charge in [-0.05, 0) is 43.3 Å². The van der Waals surface area contributed by atoms with Gasteiger partial charge < -0.3 is 9.30 Å². The molecule has 10 heteroatoms. The van der Waals surface area contributed by atoms with Gasteiger partial charge in [-0.15, -0.1) is 0 Å². The summed E-state index contributed by atoms with van der Waals surface area (Å²) in [5, 5.41) is 13.3. The van der Waals surface area contributed by atoms with E-state index >= 15 is 0 Å². The molecular weight excluding hydrogens is 428 g/mol. The number of ether oxygens (including phenoxy) is 1. The van der Waals surface area contributed by atoms with Crippen molar-refractivity contribution in [1.29, 1.82) is 0 Å². The molecule has 0 saturated carbocycles. The lowest BCUT2D eigenvalue weighted by molar-refractivity contribution is -0.384. The maximum absolute atomic E-state index is 13.1. The molecular formula is C23H18N4O6. The van der Waals surface area contributed by atoms with Gasteiger partial charge in [0, 0.05) is 18.0 Å². The summed E-state index contributed by atoms with van der Waals surface area (Å²) < 4.78 is 6.91. The number of anilines is 1. The van der Waals surface area contributed by atoms with Crippen molar-refractivity contribution >= 4 is 35.3 Å². The van der Waals surface area contributed by atoms with E-state index in [0.717, 1.165) is 10.5 Å². The minimum Gasteiger partial charge on any atom is -0.494 e. The number of benzene rings is 2. The Labute approximate surface area is 187 Å². The molecule has 0 aliphatic carbocycles. The Morgan fingerprint density at radius 3 is 2.45 bits per heavy atom. The van der Waals surface area contributed by atoms with Crippen LogP contribution in [0.1, 0.15) is 11.3 Å². The number of imide groups is 2. The molecule has 1 aromatic heterocycles. The molecule has 0 radical (unpaired) electrons.